The van der Waals surface area contributed by atoms with Crippen molar-refractivity contribution >= 4 is 21.7 Å². The van der Waals surface area contributed by atoms with E-state index < -0.39 is 11.2 Å². The minimum atomic E-state index is -0.859. The summed E-state index contributed by atoms with van der Waals surface area (Å²) >= 11 is 0. The third kappa shape index (κ3) is 1.15. The molecule has 0 saturated carbocycles. The van der Waals surface area contributed by atoms with Crippen molar-refractivity contribution in [3.63, 3.8) is 0 Å². The van der Waals surface area contributed by atoms with Crippen LogP contribution in [-0.4, -0.2) is 0 Å². The molecule has 0 aliphatic rings. The van der Waals surface area contributed by atoms with Crippen molar-refractivity contribution in [2.45, 2.75) is 0 Å². The molecule has 0 amide bonds. The van der Waals surface area contributed by atoms with Gasteiger partial charge in [0.1, 0.15) is 11.8 Å². The average Bonchev–Trinajstić information content (AvgIpc) is 2.33. The average molecular weight is 214 g/mol. The highest BCUT2D eigenvalue weighted by molar-refractivity contribution is 6.03. The second-order valence-electron chi connectivity index (χ2n) is 3.58. The van der Waals surface area contributed by atoms with Gasteiger partial charge in [0.05, 0.1) is 5.39 Å². The van der Waals surface area contributed by atoms with Crippen molar-refractivity contribution in [1.29, 1.82) is 0 Å². The fraction of sp³-hybridized carbons (Fsp3) is 0. The zero-order valence-electron chi connectivity index (χ0n) is 8.24. The number of hydrogen-bond acceptors (Lipinski definition) is 2. The molecule has 2 aromatic carbocycles. The number of hydrogen-bond donors (Lipinski definition) is 0. The monoisotopic (exact) mass is 214 g/mol. The molecule has 16 heavy (non-hydrogen) atoms. The Kier molecular flexibility index (Phi) is 1.80. The summed E-state index contributed by atoms with van der Waals surface area (Å²) in [6.07, 6.45) is 0.858. The van der Waals surface area contributed by atoms with Gasteiger partial charge in [0.15, 0.2) is 0 Å². The van der Waals surface area contributed by atoms with E-state index >= 15 is 0 Å². The van der Waals surface area contributed by atoms with E-state index in [1.807, 2.05) is 24.3 Å². The van der Waals surface area contributed by atoms with Crippen LogP contribution in [0.15, 0.2) is 51.9 Å². The van der Waals surface area contributed by atoms with Crippen LogP contribution in [0.5, 0.6) is 0 Å². The van der Waals surface area contributed by atoms with Crippen molar-refractivity contribution in [1.82, 2.24) is 0 Å². The molecule has 0 N–H and O–H groups in total. The lowest BCUT2D eigenvalue weighted by molar-refractivity contribution is 0.522. The van der Waals surface area contributed by atoms with Crippen LogP contribution in [0.3, 0.4) is 0 Å². The van der Waals surface area contributed by atoms with E-state index in [1.165, 1.54) is 0 Å². The van der Waals surface area contributed by atoms with Crippen LogP contribution >= 0.6 is 0 Å². The van der Waals surface area contributed by atoms with Crippen LogP contribution in [0.2, 0.25) is 0 Å². The Morgan fingerprint density at radius 3 is 2.69 bits per heavy atom. The molecule has 0 saturated heterocycles. The molecule has 0 spiro atoms. The maximum atomic E-state index is 13.0. The van der Waals surface area contributed by atoms with E-state index in [-0.39, 0.29) is 5.39 Å². The first-order chi connectivity index (χ1) is 7.77. The van der Waals surface area contributed by atoms with E-state index in [9.17, 15) is 9.18 Å². The van der Waals surface area contributed by atoms with E-state index in [1.54, 1.807) is 12.1 Å². The van der Waals surface area contributed by atoms with Gasteiger partial charge in [0.2, 0.25) is 11.2 Å². The van der Waals surface area contributed by atoms with Crippen LogP contribution in [0.1, 0.15) is 0 Å². The molecule has 0 atom stereocenters. The second kappa shape index (κ2) is 3.17. The second-order valence-corrected chi connectivity index (χ2v) is 3.58. The lowest BCUT2D eigenvalue weighted by Crippen LogP contribution is -2.05. The molecule has 3 heteroatoms. The molecule has 0 unspecified atom stereocenters. The maximum absolute atomic E-state index is 13.0. The molecule has 2 nitrogen and oxygen atoms in total. The van der Waals surface area contributed by atoms with Crippen LogP contribution in [0.4, 0.5) is 4.39 Å². The van der Waals surface area contributed by atoms with Crippen molar-refractivity contribution in [3.8, 4) is 0 Å². The van der Waals surface area contributed by atoms with Gasteiger partial charge in [-0.2, -0.15) is 4.39 Å². The highest BCUT2D eigenvalue weighted by Gasteiger charge is 2.08. The summed E-state index contributed by atoms with van der Waals surface area (Å²) in [6.45, 7) is 0. The van der Waals surface area contributed by atoms with Gasteiger partial charge in [-0.1, -0.05) is 30.3 Å². The first-order valence-electron chi connectivity index (χ1n) is 4.86. The summed E-state index contributed by atoms with van der Waals surface area (Å²) in [6, 6.07) is 10.9. The van der Waals surface area contributed by atoms with Gasteiger partial charge in [-0.05, 0) is 11.5 Å². The van der Waals surface area contributed by atoms with E-state index in [4.69, 9.17) is 4.42 Å². The Balaban J connectivity index is 2.63. The number of rotatable bonds is 0. The predicted molar refractivity (Wildman–Crippen MR) is 59.9 cm³/mol. The fourth-order valence-corrected chi connectivity index (χ4v) is 1.84. The first-order valence-corrected chi connectivity index (χ1v) is 4.86. The Morgan fingerprint density at radius 1 is 1.00 bits per heavy atom. The number of benzene rings is 2. The Labute approximate surface area is 89.9 Å². The third-order valence-electron chi connectivity index (χ3n) is 2.62. The van der Waals surface area contributed by atoms with E-state index in [2.05, 4.69) is 0 Å². The number of halogens is 1. The van der Waals surface area contributed by atoms with Crippen molar-refractivity contribution in [3.05, 3.63) is 58.7 Å². The Morgan fingerprint density at radius 2 is 1.81 bits per heavy atom. The summed E-state index contributed by atoms with van der Waals surface area (Å²) in [5.41, 5.74) is -0.184. The van der Waals surface area contributed by atoms with Gasteiger partial charge in [0.25, 0.3) is 0 Å². The lowest BCUT2D eigenvalue weighted by atomic mass is 10.1. The summed E-state index contributed by atoms with van der Waals surface area (Å²) in [5.74, 6) is -0.859. The third-order valence-corrected chi connectivity index (χ3v) is 2.62. The van der Waals surface area contributed by atoms with Crippen molar-refractivity contribution in [2.75, 3.05) is 0 Å². The van der Waals surface area contributed by atoms with Gasteiger partial charge in [-0.15, -0.1) is 0 Å². The quantitative estimate of drug-likeness (QED) is 0.538. The molecule has 0 aliphatic heterocycles. The van der Waals surface area contributed by atoms with Gasteiger partial charge < -0.3 is 4.42 Å². The molecular weight excluding hydrogens is 207 g/mol. The molecule has 3 rings (SSSR count). The van der Waals surface area contributed by atoms with Crippen molar-refractivity contribution < 1.29 is 8.81 Å². The van der Waals surface area contributed by atoms with Gasteiger partial charge in [-0.3, -0.25) is 4.79 Å². The Hall–Kier alpha value is -2.16. The molecule has 0 radical (unpaired) electrons. The van der Waals surface area contributed by atoms with E-state index in [0.29, 0.717) is 5.58 Å². The smallest absolute Gasteiger partial charge is 0.228 e. The normalized spacial score (nSPS) is 11.1. The minimum Gasteiger partial charge on any atom is -0.460 e. The largest absolute Gasteiger partial charge is 0.460 e. The van der Waals surface area contributed by atoms with Gasteiger partial charge in [-0.25, -0.2) is 0 Å². The molecule has 78 valence electrons. The fourth-order valence-electron chi connectivity index (χ4n) is 1.84. The number of fused-ring (bicyclic) bond motifs is 3. The van der Waals surface area contributed by atoms with Crippen molar-refractivity contribution in [2.24, 2.45) is 0 Å². The summed E-state index contributed by atoms with van der Waals surface area (Å²) in [5, 5.41) is 2.06. The molecule has 1 aromatic heterocycles. The predicted octanol–water partition coefficient (Wildman–Crippen LogP) is 3.09. The zero-order chi connectivity index (χ0) is 11.1. The van der Waals surface area contributed by atoms with E-state index in [0.717, 1.165) is 17.0 Å². The summed E-state index contributed by atoms with van der Waals surface area (Å²) in [4.78, 5) is 11.5. The highest BCUT2D eigenvalue weighted by Crippen LogP contribution is 2.23. The highest BCUT2D eigenvalue weighted by atomic mass is 19.1. The zero-order valence-corrected chi connectivity index (χ0v) is 8.24. The molecule has 1 heterocycles. The minimum absolute atomic E-state index is 0.277. The maximum Gasteiger partial charge on any atom is 0.228 e. The van der Waals surface area contributed by atoms with Crippen LogP contribution in [-0.2, 0) is 0 Å². The lowest BCUT2D eigenvalue weighted by Gasteiger charge is -2.01. The SMILES string of the molecule is O=c1c(F)coc2c1ccc1ccccc12. The molecule has 0 aliphatic carbocycles. The summed E-state index contributed by atoms with van der Waals surface area (Å²) in [7, 11) is 0. The van der Waals surface area contributed by atoms with Crippen LogP contribution < -0.4 is 5.43 Å². The van der Waals surface area contributed by atoms with Gasteiger partial charge in [0, 0.05) is 5.39 Å². The van der Waals surface area contributed by atoms with Crippen LogP contribution in [0, 0.1) is 5.82 Å². The standard InChI is InChI=1S/C13H7FO2/c14-11-7-16-13-9-4-2-1-3-8(9)5-6-10(13)12(11)15/h1-7H. The van der Waals surface area contributed by atoms with Crippen LogP contribution in [0.25, 0.3) is 21.7 Å². The Bertz CT molecular complexity index is 744. The molecule has 0 fully saturated rings. The summed E-state index contributed by atoms with van der Waals surface area (Å²) < 4.78 is 18.2. The molecular formula is C13H7FO2. The first kappa shape index (κ1) is 9.09. The molecule has 3 aromatic rings. The van der Waals surface area contributed by atoms with Gasteiger partial charge >= 0.3 is 0 Å². The molecule has 0 bridgehead atoms. The topological polar surface area (TPSA) is 30.2 Å².